The molecule has 6 nitrogen and oxygen atoms in total. The number of ether oxygens (including phenoxy) is 2. The van der Waals surface area contributed by atoms with Crippen LogP contribution in [-0.2, 0) is 0 Å². The van der Waals surface area contributed by atoms with E-state index in [9.17, 15) is 4.79 Å². The molecule has 0 spiro atoms. The first-order valence-electron chi connectivity index (χ1n) is 7.90. The average Bonchev–Trinajstić information content (AvgIpc) is 2.61. The van der Waals surface area contributed by atoms with E-state index in [1.54, 1.807) is 38.3 Å². The maximum atomic E-state index is 12.8. The number of methoxy groups -OCH3 is 2. The summed E-state index contributed by atoms with van der Waals surface area (Å²) in [6, 6.07) is 5.49. The Morgan fingerprint density at radius 2 is 1.79 bits per heavy atom. The molecule has 0 bridgehead atoms. The van der Waals surface area contributed by atoms with E-state index < -0.39 is 0 Å². The molecule has 24 heavy (non-hydrogen) atoms. The van der Waals surface area contributed by atoms with Crippen LogP contribution in [0.4, 0.5) is 0 Å². The molecular weight excluding hydrogens is 306 g/mol. The molecule has 1 aromatic carbocycles. The number of amides is 1. The molecule has 2 aromatic rings. The molecule has 1 amide bonds. The number of benzene rings is 1. The van der Waals surface area contributed by atoms with Gasteiger partial charge in [0.2, 0.25) is 0 Å². The van der Waals surface area contributed by atoms with Crippen LogP contribution < -0.4 is 9.47 Å². The van der Waals surface area contributed by atoms with E-state index in [-0.39, 0.29) is 5.91 Å². The van der Waals surface area contributed by atoms with Crippen molar-refractivity contribution in [2.45, 2.75) is 20.8 Å². The summed E-state index contributed by atoms with van der Waals surface area (Å²) >= 11 is 0. The third kappa shape index (κ3) is 3.48. The van der Waals surface area contributed by atoms with Gasteiger partial charge in [0, 0.05) is 24.8 Å². The first kappa shape index (κ1) is 17.7. The first-order chi connectivity index (χ1) is 11.5. The second-order valence-corrected chi connectivity index (χ2v) is 5.23. The summed E-state index contributed by atoms with van der Waals surface area (Å²) in [6.07, 6.45) is 1.59. The highest BCUT2D eigenvalue weighted by atomic mass is 16.5. The fourth-order valence-corrected chi connectivity index (χ4v) is 2.51. The maximum absolute atomic E-state index is 12.8. The van der Waals surface area contributed by atoms with Crippen LogP contribution in [0.5, 0.6) is 11.5 Å². The minimum Gasteiger partial charge on any atom is -0.493 e. The van der Waals surface area contributed by atoms with Crippen molar-refractivity contribution in [3.05, 3.63) is 35.8 Å². The van der Waals surface area contributed by atoms with Crippen molar-refractivity contribution in [2.75, 3.05) is 27.3 Å². The molecule has 128 valence electrons. The van der Waals surface area contributed by atoms with Gasteiger partial charge in [0.15, 0.2) is 11.5 Å². The summed E-state index contributed by atoms with van der Waals surface area (Å²) in [4.78, 5) is 23.2. The number of carbonyl (C=O) groups excluding carboxylic acids is 1. The van der Waals surface area contributed by atoms with Crippen molar-refractivity contribution < 1.29 is 14.3 Å². The zero-order valence-corrected chi connectivity index (χ0v) is 14.8. The molecule has 2 rings (SSSR count). The minimum absolute atomic E-state index is 0.0789. The second-order valence-electron chi connectivity index (χ2n) is 5.23. The quantitative estimate of drug-likeness (QED) is 0.815. The number of hydrogen-bond donors (Lipinski definition) is 0. The molecule has 0 unspecified atom stereocenters. The molecule has 0 saturated heterocycles. The van der Waals surface area contributed by atoms with Gasteiger partial charge in [0.25, 0.3) is 5.91 Å². The third-order valence-electron chi connectivity index (χ3n) is 3.85. The molecule has 0 fully saturated rings. The van der Waals surface area contributed by atoms with Gasteiger partial charge in [-0.2, -0.15) is 0 Å². The fraction of sp³-hybridized carbons (Fsp3) is 0.389. The lowest BCUT2D eigenvalue weighted by atomic mass is 10.1. The highest BCUT2D eigenvalue weighted by Crippen LogP contribution is 2.33. The van der Waals surface area contributed by atoms with Crippen molar-refractivity contribution in [3.8, 4) is 22.8 Å². The van der Waals surface area contributed by atoms with Crippen LogP contribution >= 0.6 is 0 Å². The lowest BCUT2D eigenvalue weighted by Crippen LogP contribution is -2.31. The topological polar surface area (TPSA) is 64.6 Å². The number of aryl methyl sites for hydroxylation is 1. The highest BCUT2D eigenvalue weighted by Gasteiger charge is 2.20. The van der Waals surface area contributed by atoms with Gasteiger partial charge in [-0.25, -0.2) is 9.97 Å². The predicted molar refractivity (Wildman–Crippen MR) is 92.6 cm³/mol. The van der Waals surface area contributed by atoms with Gasteiger partial charge < -0.3 is 14.4 Å². The Balaban J connectivity index is 2.57. The van der Waals surface area contributed by atoms with Gasteiger partial charge in [0.1, 0.15) is 5.82 Å². The maximum Gasteiger partial charge on any atom is 0.257 e. The van der Waals surface area contributed by atoms with E-state index in [2.05, 4.69) is 9.97 Å². The smallest absolute Gasteiger partial charge is 0.257 e. The first-order valence-corrected chi connectivity index (χ1v) is 7.90. The Kier molecular flexibility index (Phi) is 5.73. The van der Waals surface area contributed by atoms with E-state index in [1.807, 2.05) is 26.0 Å². The SMILES string of the molecule is CCN(CC)C(=O)c1cnc(C)nc1-c1ccc(OC)c(OC)c1. The number of rotatable bonds is 6. The third-order valence-corrected chi connectivity index (χ3v) is 3.85. The van der Waals surface area contributed by atoms with Crippen molar-refractivity contribution in [2.24, 2.45) is 0 Å². The predicted octanol–water partition coefficient (Wildman–Crippen LogP) is 2.95. The molecule has 0 aliphatic heterocycles. The van der Waals surface area contributed by atoms with Crippen LogP contribution in [0.25, 0.3) is 11.3 Å². The summed E-state index contributed by atoms with van der Waals surface area (Å²) in [6.45, 7) is 6.97. The zero-order chi connectivity index (χ0) is 17.7. The van der Waals surface area contributed by atoms with E-state index in [0.717, 1.165) is 5.56 Å². The van der Waals surface area contributed by atoms with E-state index in [1.165, 1.54) is 0 Å². The highest BCUT2D eigenvalue weighted by molar-refractivity contribution is 5.99. The summed E-state index contributed by atoms with van der Waals surface area (Å²) in [5.41, 5.74) is 1.87. The molecular formula is C18H23N3O3. The van der Waals surface area contributed by atoms with Crippen molar-refractivity contribution in [1.82, 2.24) is 14.9 Å². The Hall–Kier alpha value is -2.63. The van der Waals surface area contributed by atoms with Gasteiger partial charge in [-0.3, -0.25) is 4.79 Å². The molecule has 0 aliphatic rings. The Morgan fingerprint density at radius 3 is 2.38 bits per heavy atom. The fourth-order valence-electron chi connectivity index (χ4n) is 2.51. The van der Waals surface area contributed by atoms with Gasteiger partial charge in [0.05, 0.1) is 25.5 Å². The van der Waals surface area contributed by atoms with Crippen LogP contribution in [0.15, 0.2) is 24.4 Å². The van der Waals surface area contributed by atoms with Gasteiger partial charge in [-0.1, -0.05) is 0 Å². The monoisotopic (exact) mass is 329 g/mol. The van der Waals surface area contributed by atoms with Crippen molar-refractivity contribution >= 4 is 5.91 Å². The summed E-state index contributed by atoms with van der Waals surface area (Å²) in [5.74, 6) is 1.75. The van der Waals surface area contributed by atoms with E-state index in [4.69, 9.17) is 9.47 Å². The molecule has 1 heterocycles. The summed E-state index contributed by atoms with van der Waals surface area (Å²) in [7, 11) is 3.16. The normalized spacial score (nSPS) is 10.4. The Morgan fingerprint density at radius 1 is 1.12 bits per heavy atom. The zero-order valence-electron chi connectivity index (χ0n) is 14.8. The number of nitrogens with zero attached hydrogens (tertiary/aromatic N) is 3. The number of aromatic nitrogens is 2. The molecule has 0 aliphatic carbocycles. The molecule has 0 N–H and O–H groups in total. The number of carbonyl (C=O) groups is 1. The standard InChI is InChI=1S/C18H23N3O3/c1-6-21(7-2)18(22)14-11-19-12(3)20-17(14)13-8-9-15(23-4)16(10-13)24-5/h8-11H,6-7H2,1-5H3. The molecule has 1 aromatic heterocycles. The lowest BCUT2D eigenvalue weighted by molar-refractivity contribution is 0.0773. The Bertz CT molecular complexity index is 727. The molecule has 0 saturated carbocycles. The van der Waals surface area contributed by atoms with Crippen LogP contribution in [0.3, 0.4) is 0 Å². The lowest BCUT2D eigenvalue weighted by Gasteiger charge is -2.20. The molecule has 0 radical (unpaired) electrons. The number of hydrogen-bond acceptors (Lipinski definition) is 5. The largest absolute Gasteiger partial charge is 0.493 e. The minimum atomic E-state index is -0.0789. The Labute approximate surface area is 142 Å². The summed E-state index contributed by atoms with van der Waals surface area (Å²) in [5, 5.41) is 0. The second kappa shape index (κ2) is 7.77. The van der Waals surface area contributed by atoms with Crippen LogP contribution in [0.2, 0.25) is 0 Å². The molecule has 0 atom stereocenters. The van der Waals surface area contributed by atoms with Crippen molar-refractivity contribution in [3.63, 3.8) is 0 Å². The van der Waals surface area contributed by atoms with Gasteiger partial charge in [-0.05, 0) is 39.0 Å². The average molecular weight is 329 g/mol. The van der Waals surface area contributed by atoms with E-state index >= 15 is 0 Å². The van der Waals surface area contributed by atoms with Gasteiger partial charge in [-0.15, -0.1) is 0 Å². The van der Waals surface area contributed by atoms with Crippen LogP contribution in [0, 0.1) is 6.92 Å². The van der Waals surface area contributed by atoms with Crippen LogP contribution in [-0.4, -0.2) is 48.1 Å². The van der Waals surface area contributed by atoms with Gasteiger partial charge >= 0.3 is 0 Å². The molecule has 6 heteroatoms. The van der Waals surface area contributed by atoms with E-state index in [0.29, 0.717) is 41.7 Å². The van der Waals surface area contributed by atoms with Crippen LogP contribution in [0.1, 0.15) is 30.0 Å². The summed E-state index contributed by atoms with van der Waals surface area (Å²) < 4.78 is 10.6. The van der Waals surface area contributed by atoms with Crippen molar-refractivity contribution in [1.29, 1.82) is 0 Å².